The molecule has 4 rings (SSSR count). The van der Waals surface area contributed by atoms with Gasteiger partial charge in [-0.3, -0.25) is 9.89 Å². The van der Waals surface area contributed by atoms with Crippen LogP contribution in [-0.4, -0.2) is 68.5 Å². The first kappa shape index (κ1) is 20.4. The number of halogens is 4. The van der Waals surface area contributed by atoms with Gasteiger partial charge in [-0.05, 0) is 25.7 Å². The van der Waals surface area contributed by atoms with E-state index in [0.29, 0.717) is 37.6 Å². The van der Waals surface area contributed by atoms with E-state index in [-0.39, 0.29) is 35.4 Å². The maximum Gasteiger partial charge on any atom is 0.401 e. The minimum Gasteiger partial charge on any atom is -0.377 e. The molecule has 4 aliphatic rings. The van der Waals surface area contributed by atoms with Crippen LogP contribution < -0.4 is 10.6 Å². The van der Waals surface area contributed by atoms with Gasteiger partial charge in [-0.2, -0.15) is 13.2 Å². The van der Waals surface area contributed by atoms with Gasteiger partial charge in [-0.1, -0.05) is 6.42 Å². The summed E-state index contributed by atoms with van der Waals surface area (Å²) in [4.78, 5) is 5.78. The molecule has 4 unspecified atom stereocenters. The van der Waals surface area contributed by atoms with Crippen molar-refractivity contribution in [3.8, 4) is 0 Å². The Morgan fingerprint density at radius 2 is 2.04 bits per heavy atom. The monoisotopic (exact) mass is 488 g/mol. The minimum atomic E-state index is -4.13. The SMILES string of the molecule is CN=C(NC1CCN(CC(F)(F)F)C1)NC1C2CCOC2C12CCC2.I. The fourth-order valence-electron chi connectivity index (χ4n) is 5.31. The molecule has 0 aromatic heterocycles. The van der Waals surface area contributed by atoms with Gasteiger partial charge < -0.3 is 15.4 Å². The van der Waals surface area contributed by atoms with Gasteiger partial charge in [0.05, 0.1) is 12.6 Å². The van der Waals surface area contributed by atoms with Gasteiger partial charge in [0.25, 0.3) is 0 Å². The second-order valence-electron chi connectivity index (χ2n) is 8.01. The Labute approximate surface area is 169 Å². The van der Waals surface area contributed by atoms with Gasteiger partial charge in [0, 0.05) is 50.2 Å². The average Bonchev–Trinajstić information content (AvgIpc) is 3.08. The predicted molar refractivity (Wildman–Crippen MR) is 104 cm³/mol. The van der Waals surface area contributed by atoms with Crippen molar-refractivity contribution >= 4 is 29.9 Å². The van der Waals surface area contributed by atoms with E-state index < -0.39 is 12.7 Å². The molecule has 4 fully saturated rings. The number of rotatable bonds is 3. The van der Waals surface area contributed by atoms with Gasteiger partial charge in [0.1, 0.15) is 0 Å². The first-order valence-electron chi connectivity index (χ1n) is 9.32. The van der Waals surface area contributed by atoms with Crippen LogP contribution in [0.3, 0.4) is 0 Å². The van der Waals surface area contributed by atoms with Crippen LogP contribution in [0.5, 0.6) is 0 Å². The molecule has 4 atom stereocenters. The molecule has 2 aliphatic carbocycles. The van der Waals surface area contributed by atoms with Crippen LogP contribution in [0.15, 0.2) is 4.99 Å². The van der Waals surface area contributed by atoms with E-state index in [4.69, 9.17) is 4.74 Å². The van der Waals surface area contributed by atoms with Crippen molar-refractivity contribution in [3.05, 3.63) is 0 Å². The Morgan fingerprint density at radius 1 is 1.27 bits per heavy atom. The smallest absolute Gasteiger partial charge is 0.377 e. The number of hydrogen-bond donors (Lipinski definition) is 2. The molecule has 5 nitrogen and oxygen atoms in total. The number of hydrogen-bond acceptors (Lipinski definition) is 3. The molecule has 1 spiro atoms. The van der Waals surface area contributed by atoms with Crippen molar-refractivity contribution in [2.75, 3.05) is 33.3 Å². The van der Waals surface area contributed by atoms with Crippen molar-refractivity contribution in [1.29, 1.82) is 0 Å². The number of alkyl halides is 3. The number of nitrogens with zero attached hydrogens (tertiary/aromatic N) is 2. The maximum absolute atomic E-state index is 12.5. The van der Waals surface area contributed by atoms with Crippen molar-refractivity contribution in [2.24, 2.45) is 16.3 Å². The fraction of sp³-hybridized carbons (Fsp3) is 0.941. The maximum atomic E-state index is 12.5. The normalized spacial score (nSPS) is 36.1. The summed E-state index contributed by atoms with van der Waals surface area (Å²) < 4.78 is 43.5. The van der Waals surface area contributed by atoms with Crippen LogP contribution in [0.1, 0.15) is 32.1 Å². The Morgan fingerprint density at radius 3 is 2.65 bits per heavy atom. The lowest BCUT2D eigenvalue weighted by Gasteiger charge is -2.63. The van der Waals surface area contributed by atoms with Crippen LogP contribution in [-0.2, 0) is 4.74 Å². The zero-order valence-electron chi connectivity index (χ0n) is 15.0. The van der Waals surface area contributed by atoms with Crippen LogP contribution in [0.4, 0.5) is 13.2 Å². The van der Waals surface area contributed by atoms with Crippen LogP contribution in [0.2, 0.25) is 0 Å². The third kappa shape index (κ3) is 3.67. The highest BCUT2D eigenvalue weighted by atomic mass is 127. The van der Waals surface area contributed by atoms with Gasteiger partial charge in [-0.15, -0.1) is 24.0 Å². The number of guanidine groups is 1. The first-order chi connectivity index (χ1) is 11.9. The van der Waals surface area contributed by atoms with Gasteiger partial charge >= 0.3 is 6.18 Å². The molecule has 2 N–H and O–H groups in total. The highest BCUT2D eigenvalue weighted by Gasteiger charge is 2.66. The van der Waals surface area contributed by atoms with E-state index in [0.717, 1.165) is 19.0 Å². The summed E-state index contributed by atoms with van der Waals surface area (Å²) in [6, 6.07) is 0.397. The molecule has 2 saturated carbocycles. The Kier molecular flexibility index (Phi) is 5.99. The van der Waals surface area contributed by atoms with E-state index in [1.165, 1.54) is 24.2 Å². The second kappa shape index (κ2) is 7.62. The zero-order chi connectivity index (χ0) is 17.7. The molecule has 0 aromatic carbocycles. The largest absolute Gasteiger partial charge is 0.401 e. The molecule has 2 saturated heterocycles. The molecule has 9 heteroatoms. The Bertz CT molecular complexity index is 541. The number of aliphatic imine (C=N–C) groups is 1. The Balaban J connectivity index is 0.00000196. The summed E-state index contributed by atoms with van der Waals surface area (Å²) in [7, 11) is 1.73. The molecule has 150 valence electrons. The molecule has 0 bridgehead atoms. The van der Waals surface area contributed by atoms with E-state index >= 15 is 0 Å². The first-order valence-corrected chi connectivity index (χ1v) is 9.32. The average molecular weight is 488 g/mol. The van der Waals surface area contributed by atoms with Crippen molar-refractivity contribution in [1.82, 2.24) is 15.5 Å². The van der Waals surface area contributed by atoms with E-state index in [9.17, 15) is 13.2 Å². The minimum absolute atomic E-state index is 0. The topological polar surface area (TPSA) is 48.9 Å². The quantitative estimate of drug-likeness (QED) is 0.364. The molecule has 26 heavy (non-hydrogen) atoms. The number of likely N-dealkylation sites (tertiary alicyclic amines) is 1. The second-order valence-corrected chi connectivity index (χ2v) is 8.01. The Hall–Kier alpha value is -0.290. The third-order valence-electron chi connectivity index (χ3n) is 6.57. The van der Waals surface area contributed by atoms with Gasteiger partial charge in [0.2, 0.25) is 0 Å². The highest BCUT2D eigenvalue weighted by Crippen LogP contribution is 2.62. The van der Waals surface area contributed by atoms with E-state index in [1.54, 1.807) is 7.05 Å². The van der Waals surface area contributed by atoms with Crippen LogP contribution >= 0.6 is 24.0 Å². The number of ether oxygens (including phenoxy) is 1. The number of fused-ring (bicyclic) bond motifs is 2. The van der Waals surface area contributed by atoms with Gasteiger partial charge in [-0.25, -0.2) is 0 Å². The van der Waals surface area contributed by atoms with Gasteiger partial charge in [0.15, 0.2) is 5.96 Å². The summed E-state index contributed by atoms with van der Waals surface area (Å²) in [6.07, 6.45) is 1.72. The van der Waals surface area contributed by atoms with Crippen molar-refractivity contribution in [3.63, 3.8) is 0 Å². The van der Waals surface area contributed by atoms with Crippen molar-refractivity contribution < 1.29 is 17.9 Å². The van der Waals surface area contributed by atoms with E-state index in [1.807, 2.05) is 0 Å². The summed E-state index contributed by atoms with van der Waals surface area (Å²) in [5, 5.41) is 6.91. The molecule has 0 aromatic rings. The fourth-order valence-corrected chi connectivity index (χ4v) is 5.31. The van der Waals surface area contributed by atoms with Crippen LogP contribution in [0.25, 0.3) is 0 Å². The lowest BCUT2D eigenvalue weighted by Crippen LogP contribution is -2.72. The summed E-state index contributed by atoms with van der Waals surface area (Å²) in [5.41, 5.74) is 0.261. The number of nitrogens with one attached hydrogen (secondary N) is 2. The lowest BCUT2D eigenvalue weighted by molar-refractivity contribution is -0.171. The molecule has 2 heterocycles. The molecular weight excluding hydrogens is 460 g/mol. The standard InChI is InChI=1S/C17H27F3N4O.HI/c1-21-15(22-11-3-7-24(9-11)10-17(18,19)20)23-13-12-4-8-25-14(12)16(13)5-2-6-16;/h11-14H,2-10H2,1H3,(H2,21,22,23);1H. The summed E-state index contributed by atoms with van der Waals surface area (Å²) in [5.74, 6) is 1.27. The third-order valence-corrected chi connectivity index (χ3v) is 6.57. The predicted octanol–water partition coefficient (Wildman–Crippen LogP) is 2.36. The van der Waals surface area contributed by atoms with Crippen LogP contribution in [0, 0.1) is 11.3 Å². The lowest BCUT2D eigenvalue weighted by atomic mass is 9.46. The molecule has 0 radical (unpaired) electrons. The zero-order valence-corrected chi connectivity index (χ0v) is 17.3. The highest BCUT2D eigenvalue weighted by molar-refractivity contribution is 14.0. The summed E-state index contributed by atoms with van der Waals surface area (Å²) >= 11 is 0. The molecular formula is C17H28F3IN4O. The molecule has 0 amide bonds. The van der Waals surface area contributed by atoms with E-state index in [2.05, 4.69) is 15.6 Å². The van der Waals surface area contributed by atoms with Crippen molar-refractivity contribution in [2.45, 2.75) is 56.5 Å². The summed E-state index contributed by atoms with van der Waals surface area (Å²) in [6.45, 7) is 0.894. The molecule has 2 aliphatic heterocycles.